The average molecular weight is 313 g/mol. The molecular weight excluding hydrogens is 303 g/mol. The first-order valence-electron chi connectivity index (χ1n) is 5.42. The van der Waals surface area contributed by atoms with Crippen LogP contribution < -0.4 is 0 Å². The quantitative estimate of drug-likeness (QED) is 0.839. The summed E-state index contributed by atoms with van der Waals surface area (Å²) in [5.41, 5.74) is 0.811. The van der Waals surface area contributed by atoms with Gasteiger partial charge in [-0.05, 0) is 29.8 Å². The zero-order valence-electron chi connectivity index (χ0n) is 9.75. The lowest BCUT2D eigenvalue weighted by Crippen LogP contribution is -1.95. The molecule has 0 amide bonds. The van der Waals surface area contributed by atoms with E-state index in [1.54, 1.807) is 0 Å². The van der Waals surface area contributed by atoms with Gasteiger partial charge in [-0.15, -0.1) is 0 Å². The van der Waals surface area contributed by atoms with Crippen molar-refractivity contribution in [1.82, 2.24) is 0 Å². The fourth-order valence-corrected chi connectivity index (χ4v) is 2.86. The number of sulfone groups is 1. The lowest BCUT2D eigenvalue weighted by atomic mass is 10.2. The molecule has 0 aliphatic heterocycles. The molecule has 0 aromatic heterocycles. The summed E-state index contributed by atoms with van der Waals surface area (Å²) >= 11 is 11.6. The molecule has 5 heteroatoms. The van der Waals surface area contributed by atoms with E-state index in [4.69, 9.17) is 23.2 Å². The first kappa shape index (κ1) is 14.1. The molecule has 0 saturated carbocycles. The van der Waals surface area contributed by atoms with Gasteiger partial charge in [0, 0.05) is 5.41 Å². The molecule has 2 nitrogen and oxygen atoms in total. The highest BCUT2D eigenvalue weighted by Crippen LogP contribution is 2.25. The van der Waals surface area contributed by atoms with Crippen molar-refractivity contribution in [3.63, 3.8) is 0 Å². The van der Waals surface area contributed by atoms with Gasteiger partial charge in [-0.3, -0.25) is 0 Å². The minimum atomic E-state index is -3.52. The minimum absolute atomic E-state index is 0.120. The fourth-order valence-electron chi connectivity index (χ4n) is 1.46. The smallest absolute Gasteiger partial charge is 0.199 e. The Labute approximate surface area is 122 Å². The van der Waals surface area contributed by atoms with Gasteiger partial charge in [0.15, 0.2) is 9.84 Å². The molecule has 2 rings (SSSR count). The van der Waals surface area contributed by atoms with Gasteiger partial charge < -0.3 is 0 Å². The second-order valence-electron chi connectivity index (χ2n) is 3.83. The molecule has 0 bridgehead atoms. The molecule has 0 radical (unpaired) electrons. The summed E-state index contributed by atoms with van der Waals surface area (Å²) in [5.74, 6) is 0. The predicted octanol–water partition coefficient (Wildman–Crippen LogP) is 4.44. The molecule has 0 N–H and O–H groups in total. The van der Waals surface area contributed by atoms with Crippen LogP contribution in [0.5, 0.6) is 0 Å². The summed E-state index contributed by atoms with van der Waals surface area (Å²) in [6.07, 6.45) is 1.54. The van der Waals surface area contributed by atoms with Crippen molar-refractivity contribution in [3.8, 4) is 0 Å². The Morgan fingerprint density at radius 2 is 1.58 bits per heavy atom. The number of rotatable bonds is 3. The van der Waals surface area contributed by atoms with Crippen LogP contribution in [0.25, 0.3) is 6.08 Å². The summed E-state index contributed by atoms with van der Waals surface area (Å²) in [4.78, 5) is 0.120. The number of benzene rings is 2. The Balaban J connectivity index is 2.33. The first-order valence-corrected chi connectivity index (χ1v) is 7.72. The average Bonchev–Trinajstić information content (AvgIpc) is 2.41. The zero-order chi connectivity index (χ0) is 13.9. The van der Waals surface area contributed by atoms with Crippen LogP contribution >= 0.6 is 23.2 Å². The van der Waals surface area contributed by atoms with E-state index in [2.05, 4.69) is 0 Å². The van der Waals surface area contributed by atoms with Gasteiger partial charge in [-0.2, -0.15) is 0 Å². The van der Waals surface area contributed by atoms with E-state index in [-0.39, 0.29) is 9.92 Å². The molecule has 0 fully saturated rings. The third-order valence-corrected chi connectivity index (χ3v) is 4.60. The van der Waals surface area contributed by atoms with Crippen molar-refractivity contribution >= 4 is 39.1 Å². The Bertz CT molecular complexity index is 707. The Kier molecular flexibility index (Phi) is 4.30. The van der Waals surface area contributed by atoms with Crippen molar-refractivity contribution in [2.75, 3.05) is 0 Å². The van der Waals surface area contributed by atoms with Crippen LogP contribution in [-0.2, 0) is 9.84 Å². The van der Waals surface area contributed by atoms with Crippen molar-refractivity contribution in [2.24, 2.45) is 0 Å². The summed E-state index contributed by atoms with van der Waals surface area (Å²) in [5, 5.41) is 1.70. The molecule has 2 aromatic carbocycles. The second-order valence-corrected chi connectivity index (χ2v) is 6.48. The number of halogens is 2. The SMILES string of the molecule is O=S(=O)(/C=C\c1ccccc1)c1ccc(Cl)c(Cl)c1. The van der Waals surface area contributed by atoms with Gasteiger partial charge in [0.05, 0.1) is 14.9 Å². The van der Waals surface area contributed by atoms with Crippen molar-refractivity contribution in [3.05, 3.63) is 69.5 Å². The van der Waals surface area contributed by atoms with Crippen LogP contribution in [0.15, 0.2) is 58.8 Å². The van der Waals surface area contributed by atoms with Crippen LogP contribution in [0.4, 0.5) is 0 Å². The van der Waals surface area contributed by atoms with E-state index < -0.39 is 9.84 Å². The second kappa shape index (κ2) is 5.78. The maximum Gasteiger partial charge on any atom is 0.199 e. The van der Waals surface area contributed by atoms with Gasteiger partial charge in [-0.1, -0.05) is 53.5 Å². The molecule has 0 heterocycles. The van der Waals surface area contributed by atoms with Crippen LogP contribution in [0.2, 0.25) is 10.0 Å². The highest BCUT2D eigenvalue weighted by molar-refractivity contribution is 7.94. The summed E-state index contributed by atoms with van der Waals surface area (Å²) in [6, 6.07) is 13.4. The Morgan fingerprint density at radius 3 is 2.21 bits per heavy atom. The molecule has 2 aromatic rings. The van der Waals surface area contributed by atoms with Gasteiger partial charge in [-0.25, -0.2) is 8.42 Å². The summed E-state index contributed by atoms with van der Waals surface area (Å²) in [7, 11) is -3.52. The van der Waals surface area contributed by atoms with Crippen molar-refractivity contribution < 1.29 is 8.42 Å². The van der Waals surface area contributed by atoms with Crippen LogP contribution in [0, 0.1) is 0 Å². The van der Waals surface area contributed by atoms with E-state index in [9.17, 15) is 8.42 Å². The fraction of sp³-hybridized carbons (Fsp3) is 0. The van der Waals surface area contributed by atoms with E-state index in [0.29, 0.717) is 5.02 Å². The molecular formula is C14H10Cl2O2S. The maximum atomic E-state index is 12.1. The van der Waals surface area contributed by atoms with Gasteiger partial charge in [0.2, 0.25) is 0 Å². The highest BCUT2D eigenvalue weighted by Gasteiger charge is 2.12. The number of hydrogen-bond acceptors (Lipinski definition) is 2. The zero-order valence-corrected chi connectivity index (χ0v) is 12.1. The van der Waals surface area contributed by atoms with E-state index in [1.807, 2.05) is 30.3 Å². The largest absolute Gasteiger partial charge is 0.219 e. The van der Waals surface area contributed by atoms with Crippen LogP contribution in [0.3, 0.4) is 0 Å². The van der Waals surface area contributed by atoms with Crippen LogP contribution in [0.1, 0.15) is 5.56 Å². The molecule has 0 atom stereocenters. The molecule has 0 spiro atoms. The van der Waals surface area contributed by atoms with Gasteiger partial charge in [0.1, 0.15) is 0 Å². The monoisotopic (exact) mass is 312 g/mol. The maximum absolute atomic E-state index is 12.1. The van der Waals surface area contributed by atoms with E-state index in [1.165, 1.54) is 24.3 Å². The number of hydrogen-bond donors (Lipinski definition) is 0. The van der Waals surface area contributed by atoms with Gasteiger partial charge in [0.25, 0.3) is 0 Å². The Morgan fingerprint density at radius 1 is 0.895 bits per heavy atom. The minimum Gasteiger partial charge on any atom is -0.219 e. The molecule has 98 valence electrons. The topological polar surface area (TPSA) is 34.1 Å². The lowest BCUT2D eigenvalue weighted by molar-refractivity contribution is 0.605. The summed E-state index contributed by atoms with van der Waals surface area (Å²) < 4.78 is 24.2. The van der Waals surface area contributed by atoms with Crippen molar-refractivity contribution in [2.45, 2.75) is 4.90 Å². The molecule has 0 aliphatic carbocycles. The first-order chi connectivity index (χ1) is 8.99. The third-order valence-electron chi connectivity index (χ3n) is 2.46. The molecule has 0 saturated heterocycles. The summed E-state index contributed by atoms with van der Waals surface area (Å²) in [6.45, 7) is 0. The highest BCUT2D eigenvalue weighted by atomic mass is 35.5. The van der Waals surface area contributed by atoms with E-state index in [0.717, 1.165) is 11.0 Å². The van der Waals surface area contributed by atoms with Crippen molar-refractivity contribution in [1.29, 1.82) is 0 Å². The predicted molar refractivity (Wildman–Crippen MR) is 79.1 cm³/mol. The molecule has 19 heavy (non-hydrogen) atoms. The standard InChI is InChI=1S/C14H10Cl2O2S/c15-13-7-6-12(10-14(13)16)19(17,18)9-8-11-4-2-1-3-5-11/h1-10H/b9-8-. The lowest BCUT2D eigenvalue weighted by Gasteiger charge is -2.01. The molecule has 0 unspecified atom stereocenters. The van der Waals surface area contributed by atoms with Crippen LogP contribution in [-0.4, -0.2) is 8.42 Å². The Hall–Kier alpha value is -1.29. The third kappa shape index (κ3) is 3.60. The normalized spacial score (nSPS) is 11.9. The van der Waals surface area contributed by atoms with Gasteiger partial charge >= 0.3 is 0 Å². The molecule has 0 aliphatic rings. The van der Waals surface area contributed by atoms with E-state index >= 15 is 0 Å².